The van der Waals surface area contributed by atoms with Gasteiger partial charge in [0, 0.05) is 24.6 Å². The van der Waals surface area contributed by atoms with Gasteiger partial charge >= 0.3 is 0 Å². The summed E-state index contributed by atoms with van der Waals surface area (Å²) in [5.41, 5.74) is 0.690. The Labute approximate surface area is 85.5 Å². The molecule has 15 heavy (non-hydrogen) atoms. The lowest BCUT2D eigenvalue weighted by Gasteiger charge is -2.11. The quantitative estimate of drug-likeness (QED) is 0.691. The van der Waals surface area contributed by atoms with Gasteiger partial charge < -0.3 is 10.6 Å². The highest BCUT2D eigenvalue weighted by Crippen LogP contribution is 2.28. The minimum atomic E-state index is -0.967. The second kappa shape index (κ2) is 3.49. The van der Waals surface area contributed by atoms with Crippen LogP contribution in [0.25, 0.3) is 0 Å². The number of amides is 1. The van der Waals surface area contributed by atoms with Gasteiger partial charge in [-0.15, -0.1) is 0 Å². The highest BCUT2D eigenvalue weighted by Gasteiger charge is 2.19. The Morgan fingerprint density at radius 2 is 1.87 bits per heavy atom. The summed E-state index contributed by atoms with van der Waals surface area (Å²) in [7, 11) is 0. The van der Waals surface area contributed by atoms with Crippen molar-refractivity contribution in [3.05, 3.63) is 23.8 Å². The molecule has 0 bridgehead atoms. The van der Waals surface area contributed by atoms with E-state index in [4.69, 9.17) is 0 Å². The van der Waals surface area contributed by atoms with E-state index in [1.54, 1.807) is 6.92 Å². The van der Waals surface area contributed by atoms with Crippen molar-refractivity contribution < 1.29 is 13.6 Å². The first-order valence-electron chi connectivity index (χ1n) is 4.61. The molecule has 1 aliphatic heterocycles. The number of carbonyl (C=O) groups excluding carboxylic acids is 1. The lowest BCUT2D eigenvalue weighted by Crippen LogP contribution is -2.18. The number of benzene rings is 1. The number of hydrogen-bond acceptors (Lipinski definition) is 2. The Kier molecular flexibility index (Phi) is 2.30. The van der Waals surface area contributed by atoms with Gasteiger partial charge in [-0.2, -0.15) is 0 Å². The van der Waals surface area contributed by atoms with Crippen LogP contribution in [0.3, 0.4) is 0 Å². The molecule has 0 radical (unpaired) electrons. The average Bonchev–Trinajstić information content (AvgIpc) is 2.24. The largest absolute Gasteiger partial charge is 0.380 e. The molecule has 0 aromatic heterocycles. The smallest absolute Gasteiger partial charge is 0.226 e. The predicted molar refractivity (Wildman–Crippen MR) is 52.7 cm³/mol. The molecule has 3 nitrogen and oxygen atoms in total. The molecule has 1 aromatic carbocycles. The topological polar surface area (TPSA) is 41.1 Å². The standard InChI is InChI=1S/C10H10F2N2O/c1-5-2-10(15)14-9-4-7(12)6(11)3-8(9)13-5/h3-5,13H,2H2,1H3,(H,14,15). The number of anilines is 2. The van der Waals surface area contributed by atoms with Crippen LogP contribution in [0.5, 0.6) is 0 Å². The SMILES string of the molecule is CC1CC(=O)Nc2cc(F)c(F)cc2N1. The summed E-state index contributed by atoms with van der Waals surface area (Å²) in [4.78, 5) is 11.3. The molecule has 0 saturated heterocycles. The summed E-state index contributed by atoms with van der Waals surface area (Å²) in [5, 5.41) is 5.44. The molecule has 0 fully saturated rings. The van der Waals surface area contributed by atoms with Crippen LogP contribution in [0.2, 0.25) is 0 Å². The minimum absolute atomic E-state index is 0.101. The van der Waals surface area contributed by atoms with Gasteiger partial charge in [-0.05, 0) is 6.92 Å². The third-order valence-corrected chi connectivity index (χ3v) is 2.23. The number of hydrogen-bond donors (Lipinski definition) is 2. The highest BCUT2D eigenvalue weighted by molar-refractivity contribution is 5.96. The number of rotatable bonds is 0. The van der Waals surface area contributed by atoms with Crippen LogP contribution < -0.4 is 10.6 Å². The first kappa shape index (κ1) is 9.89. The molecule has 2 N–H and O–H groups in total. The van der Waals surface area contributed by atoms with Crippen LogP contribution >= 0.6 is 0 Å². The van der Waals surface area contributed by atoms with Gasteiger partial charge in [0.1, 0.15) is 0 Å². The van der Waals surface area contributed by atoms with E-state index in [0.717, 1.165) is 12.1 Å². The maximum Gasteiger partial charge on any atom is 0.226 e. The fourth-order valence-corrected chi connectivity index (χ4v) is 1.57. The third kappa shape index (κ3) is 1.91. The molecule has 0 spiro atoms. The summed E-state index contributed by atoms with van der Waals surface area (Å²) in [6.45, 7) is 1.80. The maximum atomic E-state index is 12.9. The zero-order valence-electron chi connectivity index (χ0n) is 8.10. The van der Waals surface area contributed by atoms with Crippen molar-refractivity contribution in [1.82, 2.24) is 0 Å². The Bertz CT molecular complexity index is 420. The van der Waals surface area contributed by atoms with E-state index in [-0.39, 0.29) is 24.1 Å². The van der Waals surface area contributed by atoms with E-state index in [9.17, 15) is 13.6 Å². The van der Waals surface area contributed by atoms with Crippen molar-refractivity contribution in [3.8, 4) is 0 Å². The van der Waals surface area contributed by atoms with E-state index in [0.29, 0.717) is 5.69 Å². The van der Waals surface area contributed by atoms with Gasteiger partial charge in [0.25, 0.3) is 0 Å². The molecule has 1 unspecified atom stereocenters. The van der Waals surface area contributed by atoms with Crippen LogP contribution in [-0.2, 0) is 4.79 Å². The average molecular weight is 212 g/mol. The minimum Gasteiger partial charge on any atom is -0.380 e. The summed E-state index contributed by atoms with van der Waals surface area (Å²) < 4.78 is 25.8. The Hall–Kier alpha value is -1.65. The van der Waals surface area contributed by atoms with Crippen LogP contribution in [0.4, 0.5) is 20.2 Å². The van der Waals surface area contributed by atoms with Crippen molar-refractivity contribution in [3.63, 3.8) is 0 Å². The monoisotopic (exact) mass is 212 g/mol. The fourth-order valence-electron chi connectivity index (χ4n) is 1.57. The number of carbonyl (C=O) groups is 1. The van der Waals surface area contributed by atoms with E-state index in [1.807, 2.05) is 0 Å². The Morgan fingerprint density at radius 3 is 2.53 bits per heavy atom. The molecule has 5 heteroatoms. The molecule has 1 aromatic rings. The summed E-state index contributed by atoms with van der Waals surface area (Å²) in [5.74, 6) is -2.10. The van der Waals surface area contributed by atoms with Crippen LogP contribution in [0, 0.1) is 11.6 Å². The molecule has 0 saturated carbocycles. The second-order valence-corrected chi connectivity index (χ2v) is 3.61. The number of nitrogens with one attached hydrogen (secondary N) is 2. The van der Waals surface area contributed by atoms with E-state index in [2.05, 4.69) is 10.6 Å². The van der Waals surface area contributed by atoms with Crippen molar-refractivity contribution in [1.29, 1.82) is 0 Å². The summed E-state index contributed by atoms with van der Waals surface area (Å²) in [6.07, 6.45) is 0.276. The van der Waals surface area contributed by atoms with E-state index >= 15 is 0 Å². The molecule has 0 aliphatic carbocycles. The summed E-state index contributed by atoms with van der Waals surface area (Å²) in [6, 6.07) is 1.93. The lowest BCUT2D eigenvalue weighted by molar-refractivity contribution is -0.116. The van der Waals surface area contributed by atoms with Crippen molar-refractivity contribution in [2.75, 3.05) is 10.6 Å². The van der Waals surface area contributed by atoms with Gasteiger partial charge in [0.15, 0.2) is 11.6 Å². The lowest BCUT2D eigenvalue weighted by atomic mass is 10.2. The van der Waals surface area contributed by atoms with Gasteiger partial charge in [-0.1, -0.05) is 0 Å². The molecular formula is C10H10F2N2O. The molecular weight excluding hydrogens is 202 g/mol. The molecule has 1 atom stereocenters. The molecule has 80 valence electrons. The fraction of sp³-hybridized carbons (Fsp3) is 0.300. The van der Waals surface area contributed by atoms with Crippen molar-refractivity contribution in [2.24, 2.45) is 0 Å². The first-order chi connectivity index (χ1) is 7.06. The van der Waals surface area contributed by atoms with Crippen LogP contribution in [0.15, 0.2) is 12.1 Å². The van der Waals surface area contributed by atoms with Crippen molar-refractivity contribution >= 4 is 17.3 Å². The first-order valence-corrected chi connectivity index (χ1v) is 4.61. The Balaban J connectivity index is 2.46. The van der Waals surface area contributed by atoms with Crippen LogP contribution in [0.1, 0.15) is 13.3 Å². The molecule has 1 aliphatic rings. The summed E-state index contributed by atoms with van der Waals surface area (Å²) >= 11 is 0. The van der Waals surface area contributed by atoms with Gasteiger partial charge in [0.05, 0.1) is 11.4 Å². The zero-order chi connectivity index (χ0) is 11.0. The van der Waals surface area contributed by atoms with Gasteiger partial charge in [-0.25, -0.2) is 8.78 Å². The van der Waals surface area contributed by atoms with Crippen molar-refractivity contribution in [2.45, 2.75) is 19.4 Å². The normalized spacial score (nSPS) is 19.9. The molecule has 1 amide bonds. The maximum absolute atomic E-state index is 12.9. The van der Waals surface area contributed by atoms with Gasteiger partial charge in [-0.3, -0.25) is 4.79 Å². The Morgan fingerprint density at radius 1 is 1.27 bits per heavy atom. The zero-order valence-corrected chi connectivity index (χ0v) is 8.10. The van der Waals surface area contributed by atoms with Gasteiger partial charge in [0.2, 0.25) is 5.91 Å². The third-order valence-electron chi connectivity index (χ3n) is 2.23. The highest BCUT2D eigenvalue weighted by atomic mass is 19.2. The van der Waals surface area contributed by atoms with E-state index in [1.165, 1.54) is 0 Å². The number of fused-ring (bicyclic) bond motifs is 1. The van der Waals surface area contributed by atoms with E-state index < -0.39 is 11.6 Å². The number of halogens is 2. The van der Waals surface area contributed by atoms with Crippen LogP contribution in [-0.4, -0.2) is 11.9 Å². The molecule has 1 heterocycles. The predicted octanol–water partition coefficient (Wildman–Crippen LogP) is 2.11. The second-order valence-electron chi connectivity index (χ2n) is 3.61. The molecule has 2 rings (SSSR count).